The van der Waals surface area contributed by atoms with Gasteiger partial charge in [-0.25, -0.2) is 0 Å². The highest BCUT2D eigenvalue weighted by molar-refractivity contribution is 6.74. The minimum absolute atomic E-state index is 0.100. The van der Waals surface area contributed by atoms with Crippen LogP contribution in [0.25, 0.3) is 4.95 Å². The van der Waals surface area contributed by atoms with Gasteiger partial charge in [0.05, 0.1) is 24.1 Å². The number of pyridine rings is 1. The molecular formula is C28H32ClN5O3Si. The van der Waals surface area contributed by atoms with Crippen molar-refractivity contribution in [2.24, 2.45) is 0 Å². The third-order valence-corrected chi connectivity index (χ3v) is 11.3. The second-order valence-electron chi connectivity index (χ2n) is 10.2. The molecule has 0 saturated carbocycles. The van der Waals surface area contributed by atoms with Crippen LogP contribution in [0, 0.1) is 6.57 Å². The molecule has 1 heterocycles. The van der Waals surface area contributed by atoms with Crippen LogP contribution >= 0.6 is 11.6 Å². The highest BCUT2D eigenvalue weighted by Gasteiger charge is 2.37. The predicted octanol–water partition coefficient (Wildman–Crippen LogP) is 6.90. The van der Waals surface area contributed by atoms with Crippen LogP contribution in [0.15, 0.2) is 67.0 Å². The normalized spacial score (nSPS) is 11.4. The van der Waals surface area contributed by atoms with Crippen LogP contribution in [0.4, 0.5) is 17.1 Å². The smallest absolute Gasteiger partial charge is 0.257 e. The molecule has 0 radical (unpaired) electrons. The van der Waals surface area contributed by atoms with Crippen molar-refractivity contribution >= 4 is 48.8 Å². The number of carbonyl (C=O) groups excluding carboxylic acids is 2. The first-order valence-corrected chi connectivity index (χ1v) is 15.4. The Morgan fingerprint density at radius 1 is 1.03 bits per heavy atom. The van der Waals surface area contributed by atoms with Crippen molar-refractivity contribution in [1.29, 1.82) is 0 Å². The van der Waals surface area contributed by atoms with E-state index in [0.29, 0.717) is 35.1 Å². The summed E-state index contributed by atoms with van der Waals surface area (Å²) in [6, 6.07) is 15.0. The average molecular weight is 550 g/mol. The Bertz CT molecular complexity index is 1320. The third kappa shape index (κ3) is 7.41. The van der Waals surface area contributed by atoms with Crippen LogP contribution in [0.5, 0.6) is 0 Å². The number of aromatic nitrogens is 1. The maximum absolute atomic E-state index is 13.0. The summed E-state index contributed by atoms with van der Waals surface area (Å²) in [7, 11) is -1.89. The zero-order valence-corrected chi connectivity index (χ0v) is 24.0. The Morgan fingerprint density at radius 3 is 2.29 bits per heavy atom. The Hall–Kier alpha value is -3.71. The number of hydrogen-bond donors (Lipinski definition) is 2. The summed E-state index contributed by atoms with van der Waals surface area (Å²) in [4.78, 5) is 33.3. The summed E-state index contributed by atoms with van der Waals surface area (Å²) in [6.45, 7) is 19.4. The van der Waals surface area contributed by atoms with Gasteiger partial charge in [-0.3, -0.25) is 14.6 Å². The lowest BCUT2D eigenvalue weighted by molar-refractivity contribution is 0.102. The van der Waals surface area contributed by atoms with Crippen LogP contribution < -0.4 is 15.6 Å². The number of nitrogens with one attached hydrogen (secondary N) is 2. The topological polar surface area (TPSA) is 87.9 Å². The van der Waals surface area contributed by atoms with Crippen LogP contribution in [-0.4, -0.2) is 38.3 Å². The van der Waals surface area contributed by atoms with Gasteiger partial charge in [0.1, 0.15) is 12.2 Å². The van der Waals surface area contributed by atoms with Crippen molar-refractivity contribution in [3.05, 3.63) is 94.7 Å². The van der Waals surface area contributed by atoms with E-state index in [9.17, 15) is 9.59 Å². The number of halogens is 1. The number of benzene rings is 2. The first kappa shape index (κ1) is 28.9. The van der Waals surface area contributed by atoms with Crippen molar-refractivity contribution in [2.45, 2.75) is 38.9 Å². The molecule has 0 bridgehead atoms. The zero-order chi connectivity index (χ0) is 27.9. The van der Waals surface area contributed by atoms with Gasteiger partial charge in [0.25, 0.3) is 11.8 Å². The van der Waals surface area contributed by atoms with Gasteiger partial charge in [-0.2, -0.15) is 11.5 Å². The monoisotopic (exact) mass is 549 g/mol. The number of nitrogens with zero attached hydrogens (tertiary/aromatic N) is 3. The molecule has 10 heteroatoms. The fourth-order valence-electron chi connectivity index (χ4n) is 3.24. The molecule has 0 aliphatic rings. The van der Waals surface area contributed by atoms with E-state index in [4.69, 9.17) is 22.6 Å². The summed E-state index contributed by atoms with van der Waals surface area (Å²) in [5.41, 5.74) is 2.20. The largest absolute Gasteiger partial charge is 0.415 e. The molecule has 0 aliphatic heterocycles. The van der Waals surface area contributed by atoms with Crippen molar-refractivity contribution < 1.29 is 14.0 Å². The van der Waals surface area contributed by atoms with Gasteiger partial charge in [0.2, 0.25) is 0 Å². The molecular weight excluding hydrogens is 518 g/mol. The van der Waals surface area contributed by atoms with Crippen LogP contribution in [0.1, 0.15) is 41.5 Å². The molecule has 2 N–H and O–H groups in total. The van der Waals surface area contributed by atoms with Gasteiger partial charge in [-0.1, -0.05) is 37.4 Å². The zero-order valence-electron chi connectivity index (χ0n) is 22.2. The van der Waals surface area contributed by atoms with Crippen molar-refractivity contribution in [3.8, 4) is 0 Å². The van der Waals surface area contributed by atoms with E-state index >= 15 is 0 Å². The summed E-state index contributed by atoms with van der Waals surface area (Å²) < 4.78 is 6.20. The highest BCUT2D eigenvalue weighted by atomic mass is 35.5. The Balaban J connectivity index is 1.64. The predicted molar refractivity (Wildman–Crippen MR) is 155 cm³/mol. The lowest BCUT2D eigenvalue weighted by Gasteiger charge is -2.36. The number of carbonyl (C=O) groups is 2. The lowest BCUT2D eigenvalue weighted by atomic mass is 10.1. The minimum Gasteiger partial charge on any atom is -0.415 e. The first-order valence-electron chi connectivity index (χ1n) is 12.1. The van der Waals surface area contributed by atoms with E-state index in [1.54, 1.807) is 53.5 Å². The van der Waals surface area contributed by atoms with E-state index in [2.05, 4.69) is 54.4 Å². The maximum atomic E-state index is 13.0. The second kappa shape index (κ2) is 12.2. The molecule has 3 aromatic rings. The molecule has 0 aliphatic carbocycles. The standard InChI is InChI=1S/C28H32ClN5O3Si/c1-28(2,3)38(5,6)37-18-17-34(30-4)23-13-11-22(12-14-23)32-27(36)24-15-16-31-19-25(24)33-26(35)20-7-9-21(29)10-8-20/h7-16,19H,17-18H2,1-3,5-6H3,(H,32,36)(H,33,35). The molecule has 38 heavy (non-hydrogen) atoms. The summed E-state index contributed by atoms with van der Waals surface area (Å²) >= 11 is 5.89. The van der Waals surface area contributed by atoms with Gasteiger partial charge in [0.15, 0.2) is 8.32 Å². The lowest BCUT2D eigenvalue weighted by Crippen LogP contribution is -2.42. The summed E-state index contributed by atoms with van der Waals surface area (Å²) in [5, 5.41) is 7.73. The van der Waals surface area contributed by atoms with Gasteiger partial charge >= 0.3 is 0 Å². The third-order valence-electron chi connectivity index (χ3n) is 6.54. The molecule has 3 rings (SSSR count). The molecule has 0 fully saturated rings. The molecule has 0 unspecified atom stereocenters. The summed E-state index contributed by atoms with van der Waals surface area (Å²) in [5.74, 6) is -0.791. The molecule has 198 valence electrons. The Labute approximate surface area is 229 Å². The molecule has 2 amide bonds. The van der Waals surface area contributed by atoms with Crippen molar-refractivity contribution in [2.75, 3.05) is 28.8 Å². The molecule has 0 atom stereocenters. The highest BCUT2D eigenvalue weighted by Crippen LogP contribution is 2.36. The van der Waals surface area contributed by atoms with E-state index in [1.807, 2.05) is 0 Å². The van der Waals surface area contributed by atoms with E-state index < -0.39 is 14.2 Å². The van der Waals surface area contributed by atoms with E-state index in [0.717, 1.165) is 0 Å². The van der Waals surface area contributed by atoms with Gasteiger partial charge in [0, 0.05) is 22.5 Å². The number of amides is 2. The number of rotatable bonds is 9. The van der Waals surface area contributed by atoms with Crippen molar-refractivity contribution in [3.63, 3.8) is 0 Å². The number of anilines is 3. The Kier molecular flexibility index (Phi) is 9.28. The van der Waals surface area contributed by atoms with Crippen LogP contribution in [0.3, 0.4) is 0 Å². The minimum atomic E-state index is -1.89. The summed E-state index contributed by atoms with van der Waals surface area (Å²) in [6.07, 6.45) is 2.90. The fourth-order valence-corrected chi connectivity index (χ4v) is 4.40. The van der Waals surface area contributed by atoms with Gasteiger partial charge < -0.3 is 15.1 Å². The van der Waals surface area contributed by atoms with Crippen molar-refractivity contribution in [1.82, 2.24) is 4.98 Å². The number of hydrogen-bond acceptors (Lipinski definition) is 5. The van der Waals surface area contributed by atoms with E-state index in [1.165, 1.54) is 18.5 Å². The molecule has 2 aromatic carbocycles. The van der Waals surface area contributed by atoms with Gasteiger partial charge in [-0.05, 0) is 72.7 Å². The molecule has 0 spiro atoms. The molecule has 8 nitrogen and oxygen atoms in total. The van der Waals surface area contributed by atoms with E-state index in [-0.39, 0.29) is 22.2 Å². The second-order valence-corrected chi connectivity index (χ2v) is 15.5. The van der Waals surface area contributed by atoms with Crippen LogP contribution in [0.2, 0.25) is 23.2 Å². The molecule has 1 aromatic heterocycles. The first-order chi connectivity index (χ1) is 17.9. The maximum Gasteiger partial charge on any atom is 0.257 e. The SMILES string of the molecule is [C-]#[N+]N(CCO[Si](C)(C)C(C)(C)C)c1ccc(NC(=O)c2ccncc2NC(=O)c2ccc(Cl)cc2)cc1. The Morgan fingerprint density at radius 2 is 1.68 bits per heavy atom. The van der Waals surface area contributed by atoms with Crippen LogP contribution in [-0.2, 0) is 4.43 Å². The van der Waals surface area contributed by atoms with Gasteiger partial charge in [-0.15, -0.1) is 0 Å². The average Bonchev–Trinajstić information content (AvgIpc) is 2.87. The quantitative estimate of drug-likeness (QED) is 0.172. The fraction of sp³-hybridized carbons (Fsp3) is 0.286. The molecule has 0 saturated heterocycles.